The third-order valence-corrected chi connectivity index (χ3v) is 2.50. The van der Waals surface area contributed by atoms with E-state index in [1.54, 1.807) is 0 Å². The van der Waals surface area contributed by atoms with Gasteiger partial charge in [0.05, 0.1) is 7.05 Å². The van der Waals surface area contributed by atoms with Gasteiger partial charge in [0.1, 0.15) is 13.1 Å². The number of hydrogen-bond acceptors (Lipinski definition) is 1. The minimum atomic E-state index is 1.14. The summed E-state index contributed by atoms with van der Waals surface area (Å²) in [5, 5.41) is 3.43. The number of amidine groups is 1. The van der Waals surface area contributed by atoms with Crippen molar-refractivity contribution in [3.8, 4) is 0 Å². The predicted octanol–water partition coefficient (Wildman–Crippen LogP) is 1.60. The molecule has 0 radical (unpaired) electrons. The Morgan fingerprint density at radius 1 is 1.33 bits per heavy atom. The molecule has 1 rings (SSSR count). The van der Waals surface area contributed by atoms with Gasteiger partial charge in [-0.3, -0.25) is 9.89 Å². The molecule has 12 heavy (non-hydrogen) atoms. The molecule has 70 valence electrons. The molecule has 0 aromatic heterocycles. The standard InChI is InChI=1S/C10H20N2/c1-3-4-5-6-7-10-11-8-9-12(10)2/h3-9H2,1-2H3/p+1. The summed E-state index contributed by atoms with van der Waals surface area (Å²) in [6.45, 7) is 4.58. The Morgan fingerprint density at radius 2 is 2.17 bits per heavy atom. The molecule has 1 aliphatic heterocycles. The second-order valence-corrected chi connectivity index (χ2v) is 3.61. The minimum absolute atomic E-state index is 1.14. The highest BCUT2D eigenvalue weighted by molar-refractivity contribution is 5.78. The summed E-state index contributed by atoms with van der Waals surface area (Å²) < 4.78 is 2.34. The quantitative estimate of drug-likeness (QED) is 0.488. The molecule has 2 nitrogen and oxygen atoms in total. The van der Waals surface area contributed by atoms with Gasteiger partial charge in [0.15, 0.2) is 0 Å². The first-order chi connectivity index (χ1) is 5.84. The Hall–Kier alpha value is -0.530. The van der Waals surface area contributed by atoms with Crippen LogP contribution in [0.3, 0.4) is 0 Å². The molecule has 2 heteroatoms. The molecular formula is C10H21N2+. The number of rotatable bonds is 5. The topological polar surface area (TPSA) is 15.0 Å². The number of unbranched alkanes of at least 4 members (excludes halogenated alkanes) is 3. The van der Waals surface area contributed by atoms with Crippen LogP contribution in [-0.2, 0) is 0 Å². The molecule has 1 N–H and O–H groups in total. The Morgan fingerprint density at radius 3 is 2.75 bits per heavy atom. The lowest BCUT2D eigenvalue weighted by Crippen LogP contribution is -2.20. The number of hydrogen-bond donors (Lipinski definition) is 1. The molecule has 0 saturated carbocycles. The van der Waals surface area contributed by atoms with Gasteiger partial charge in [-0.1, -0.05) is 26.2 Å². The maximum absolute atomic E-state index is 3.43. The van der Waals surface area contributed by atoms with Crippen molar-refractivity contribution in [3.63, 3.8) is 0 Å². The lowest BCUT2D eigenvalue weighted by atomic mass is 10.1. The van der Waals surface area contributed by atoms with E-state index in [1.807, 2.05) is 0 Å². The molecular weight excluding hydrogens is 148 g/mol. The van der Waals surface area contributed by atoms with E-state index in [2.05, 4.69) is 23.9 Å². The molecule has 0 aliphatic carbocycles. The van der Waals surface area contributed by atoms with Crippen LogP contribution in [0.4, 0.5) is 0 Å². The molecule has 0 spiro atoms. The van der Waals surface area contributed by atoms with Crippen LogP contribution < -0.4 is 5.32 Å². The van der Waals surface area contributed by atoms with E-state index in [-0.39, 0.29) is 0 Å². The van der Waals surface area contributed by atoms with Gasteiger partial charge in [-0.15, -0.1) is 0 Å². The van der Waals surface area contributed by atoms with Crippen molar-refractivity contribution in [1.82, 2.24) is 5.32 Å². The summed E-state index contributed by atoms with van der Waals surface area (Å²) in [4.78, 5) is 0. The Bertz CT molecular complexity index is 161. The van der Waals surface area contributed by atoms with Crippen LogP contribution in [0, 0.1) is 0 Å². The second-order valence-electron chi connectivity index (χ2n) is 3.61. The van der Waals surface area contributed by atoms with Gasteiger partial charge in [0, 0.05) is 6.42 Å². The fourth-order valence-corrected chi connectivity index (χ4v) is 1.64. The van der Waals surface area contributed by atoms with Crippen molar-refractivity contribution in [2.75, 3.05) is 20.1 Å². The zero-order chi connectivity index (χ0) is 8.81. The highest BCUT2D eigenvalue weighted by Crippen LogP contribution is 2.03. The average molecular weight is 169 g/mol. The van der Waals surface area contributed by atoms with Crippen LogP contribution >= 0.6 is 0 Å². The maximum Gasteiger partial charge on any atom is 0.244 e. The van der Waals surface area contributed by atoms with Crippen molar-refractivity contribution in [2.24, 2.45) is 0 Å². The largest absolute Gasteiger partial charge is 0.274 e. The third-order valence-electron chi connectivity index (χ3n) is 2.50. The van der Waals surface area contributed by atoms with Crippen molar-refractivity contribution in [3.05, 3.63) is 0 Å². The number of nitrogens with one attached hydrogen (secondary N) is 1. The van der Waals surface area contributed by atoms with Crippen molar-refractivity contribution in [2.45, 2.75) is 39.0 Å². The number of nitrogens with zero attached hydrogens (tertiary/aromatic N) is 1. The fraction of sp³-hybridized carbons (Fsp3) is 0.900. The highest BCUT2D eigenvalue weighted by atomic mass is 15.2. The molecule has 0 bridgehead atoms. The Balaban J connectivity index is 2.10. The van der Waals surface area contributed by atoms with E-state index in [1.165, 1.54) is 44.5 Å². The lowest BCUT2D eigenvalue weighted by molar-refractivity contribution is -0.487. The van der Waals surface area contributed by atoms with Gasteiger partial charge < -0.3 is 0 Å². The zero-order valence-corrected chi connectivity index (χ0v) is 8.40. The van der Waals surface area contributed by atoms with E-state index in [9.17, 15) is 0 Å². The van der Waals surface area contributed by atoms with Crippen molar-refractivity contribution >= 4 is 5.84 Å². The molecule has 1 heterocycles. The van der Waals surface area contributed by atoms with E-state index < -0.39 is 0 Å². The molecule has 0 unspecified atom stereocenters. The molecule has 0 fully saturated rings. The van der Waals surface area contributed by atoms with Crippen molar-refractivity contribution in [1.29, 1.82) is 0 Å². The maximum atomic E-state index is 3.43. The van der Waals surface area contributed by atoms with Gasteiger partial charge in [0.2, 0.25) is 5.84 Å². The molecule has 0 aromatic carbocycles. The summed E-state index contributed by atoms with van der Waals surface area (Å²) in [5.41, 5.74) is 0. The van der Waals surface area contributed by atoms with Gasteiger partial charge in [-0.05, 0) is 6.42 Å². The monoisotopic (exact) mass is 169 g/mol. The van der Waals surface area contributed by atoms with Gasteiger partial charge in [-0.25, -0.2) is 0 Å². The summed E-state index contributed by atoms with van der Waals surface area (Å²) in [6.07, 6.45) is 6.70. The van der Waals surface area contributed by atoms with Crippen LogP contribution in [0.5, 0.6) is 0 Å². The van der Waals surface area contributed by atoms with E-state index in [4.69, 9.17) is 0 Å². The summed E-state index contributed by atoms with van der Waals surface area (Å²) in [5.74, 6) is 1.45. The minimum Gasteiger partial charge on any atom is -0.274 e. The molecule has 0 amide bonds. The molecule has 0 aromatic rings. The molecule has 1 aliphatic rings. The first kappa shape index (κ1) is 9.56. The van der Waals surface area contributed by atoms with Gasteiger partial charge >= 0.3 is 0 Å². The van der Waals surface area contributed by atoms with Crippen LogP contribution in [0.25, 0.3) is 0 Å². The van der Waals surface area contributed by atoms with E-state index in [0.29, 0.717) is 0 Å². The predicted molar refractivity (Wildman–Crippen MR) is 52.8 cm³/mol. The van der Waals surface area contributed by atoms with Crippen molar-refractivity contribution < 1.29 is 4.58 Å². The lowest BCUT2D eigenvalue weighted by Gasteiger charge is -1.98. The Labute approximate surface area is 75.7 Å². The van der Waals surface area contributed by atoms with Gasteiger partial charge in [0.25, 0.3) is 0 Å². The number of likely N-dealkylation sites (N-methyl/N-ethyl adjacent to an activating group) is 1. The highest BCUT2D eigenvalue weighted by Gasteiger charge is 2.15. The van der Waals surface area contributed by atoms with Crippen LogP contribution in [0.2, 0.25) is 0 Å². The van der Waals surface area contributed by atoms with Crippen LogP contribution in [0.15, 0.2) is 0 Å². The SMILES string of the molecule is CCCCCCC1=[N+](C)CCN1. The Kier molecular flexibility index (Phi) is 4.12. The average Bonchev–Trinajstić information content (AvgIpc) is 2.46. The summed E-state index contributed by atoms with van der Waals surface area (Å²) in [7, 11) is 2.18. The summed E-state index contributed by atoms with van der Waals surface area (Å²) in [6, 6.07) is 0. The van der Waals surface area contributed by atoms with Gasteiger partial charge in [-0.2, -0.15) is 0 Å². The summed E-state index contributed by atoms with van der Waals surface area (Å²) >= 11 is 0. The van der Waals surface area contributed by atoms with E-state index >= 15 is 0 Å². The normalized spacial score (nSPS) is 16.8. The third kappa shape index (κ3) is 2.84. The zero-order valence-electron chi connectivity index (χ0n) is 8.40. The molecule has 0 saturated heterocycles. The molecule has 0 atom stereocenters. The van der Waals surface area contributed by atoms with Crippen LogP contribution in [-0.4, -0.2) is 30.5 Å². The first-order valence-electron chi connectivity index (χ1n) is 5.15. The first-order valence-corrected chi connectivity index (χ1v) is 5.15. The second kappa shape index (κ2) is 5.18. The smallest absolute Gasteiger partial charge is 0.244 e. The van der Waals surface area contributed by atoms with Crippen LogP contribution in [0.1, 0.15) is 39.0 Å². The fourth-order valence-electron chi connectivity index (χ4n) is 1.64. The van der Waals surface area contributed by atoms with E-state index in [0.717, 1.165) is 6.54 Å².